The van der Waals surface area contributed by atoms with Gasteiger partial charge in [0.05, 0.1) is 11.8 Å². The number of hydrogen-bond donors (Lipinski definition) is 1. The second-order valence-electron chi connectivity index (χ2n) is 5.52. The van der Waals surface area contributed by atoms with Crippen LogP contribution in [0.15, 0.2) is 42.5 Å². The molecule has 0 spiro atoms. The summed E-state index contributed by atoms with van der Waals surface area (Å²) in [5.41, 5.74) is 10.5. The van der Waals surface area contributed by atoms with Gasteiger partial charge < -0.3 is 15.4 Å². The zero-order valence-corrected chi connectivity index (χ0v) is 12.0. The van der Waals surface area contributed by atoms with E-state index in [0.29, 0.717) is 0 Å². The minimum absolute atomic E-state index is 0.178. The maximum atomic E-state index is 5.91. The highest BCUT2D eigenvalue weighted by Gasteiger charge is 2.21. The Morgan fingerprint density at radius 2 is 1.80 bits per heavy atom. The van der Waals surface area contributed by atoms with E-state index in [1.165, 1.54) is 11.1 Å². The van der Waals surface area contributed by atoms with Crippen LogP contribution in [0.1, 0.15) is 25.0 Å². The third-order valence-electron chi connectivity index (χ3n) is 3.52. The van der Waals surface area contributed by atoms with Gasteiger partial charge in [0.15, 0.2) is 0 Å². The monoisotopic (exact) mass is 268 g/mol. The maximum absolute atomic E-state index is 5.91. The molecule has 2 N–H and O–H groups in total. The summed E-state index contributed by atoms with van der Waals surface area (Å²) in [7, 11) is 0. The normalized spacial score (nSPS) is 13.7. The first kappa shape index (κ1) is 12.9. The number of ether oxygens (including phenoxy) is 1. The van der Waals surface area contributed by atoms with Gasteiger partial charge in [-0.05, 0) is 49.2 Å². The lowest BCUT2D eigenvalue weighted by molar-refractivity contribution is 0.243. The van der Waals surface area contributed by atoms with Crippen molar-refractivity contribution in [2.24, 2.45) is 0 Å². The molecule has 2 aromatic carbocycles. The summed E-state index contributed by atoms with van der Waals surface area (Å²) >= 11 is 0. The third kappa shape index (κ3) is 2.44. The molecular weight excluding hydrogens is 248 g/mol. The van der Waals surface area contributed by atoms with Gasteiger partial charge in [-0.2, -0.15) is 0 Å². The van der Waals surface area contributed by atoms with Crippen molar-refractivity contribution in [3.63, 3.8) is 0 Å². The number of benzene rings is 2. The lowest BCUT2D eigenvalue weighted by atomic mass is 10.1. The van der Waals surface area contributed by atoms with Crippen LogP contribution in [0.25, 0.3) is 0 Å². The second-order valence-corrected chi connectivity index (χ2v) is 5.52. The molecule has 0 atom stereocenters. The Morgan fingerprint density at radius 1 is 1.05 bits per heavy atom. The van der Waals surface area contributed by atoms with Gasteiger partial charge in [-0.15, -0.1) is 0 Å². The van der Waals surface area contributed by atoms with E-state index < -0.39 is 0 Å². The minimum Gasteiger partial charge on any atom is -0.489 e. The summed E-state index contributed by atoms with van der Waals surface area (Å²) in [5.74, 6) is 0.947. The van der Waals surface area contributed by atoms with Crippen molar-refractivity contribution in [2.45, 2.75) is 33.0 Å². The van der Waals surface area contributed by atoms with Crippen molar-refractivity contribution in [2.75, 3.05) is 10.6 Å². The standard InChI is InChI=1S/C17H20N2O/c1-12(2)20-17-6-4-3-5-16(17)19-10-13-7-8-15(18)9-14(13)11-19/h3-9,12H,10-11,18H2,1-2H3. The molecule has 0 saturated carbocycles. The predicted molar refractivity (Wildman–Crippen MR) is 82.9 cm³/mol. The number of rotatable bonds is 3. The molecule has 0 radical (unpaired) electrons. The SMILES string of the molecule is CC(C)Oc1ccccc1N1Cc2ccc(N)cc2C1. The molecule has 1 heterocycles. The fraction of sp³-hybridized carbons (Fsp3) is 0.294. The van der Waals surface area contributed by atoms with Gasteiger partial charge >= 0.3 is 0 Å². The van der Waals surface area contributed by atoms with Crippen molar-refractivity contribution in [1.82, 2.24) is 0 Å². The van der Waals surface area contributed by atoms with Crippen molar-refractivity contribution < 1.29 is 4.74 Å². The molecule has 0 fully saturated rings. The Labute approximate surface area is 120 Å². The molecular formula is C17H20N2O. The number of nitrogens with zero attached hydrogens (tertiary/aromatic N) is 1. The molecule has 3 rings (SSSR count). The van der Waals surface area contributed by atoms with Crippen LogP contribution < -0.4 is 15.4 Å². The van der Waals surface area contributed by atoms with Gasteiger partial charge in [-0.3, -0.25) is 0 Å². The van der Waals surface area contributed by atoms with Gasteiger partial charge in [-0.25, -0.2) is 0 Å². The largest absolute Gasteiger partial charge is 0.489 e. The van der Waals surface area contributed by atoms with Crippen LogP contribution >= 0.6 is 0 Å². The lowest BCUT2D eigenvalue weighted by Crippen LogP contribution is -2.17. The van der Waals surface area contributed by atoms with Crippen LogP contribution in [0.3, 0.4) is 0 Å². The Bertz CT molecular complexity index is 622. The van der Waals surface area contributed by atoms with Crippen molar-refractivity contribution in [1.29, 1.82) is 0 Å². The van der Waals surface area contributed by atoms with E-state index in [-0.39, 0.29) is 6.10 Å². The highest BCUT2D eigenvalue weighted by molar-refractivity contribution is 5.62. The van der Waals surface area contributed by atoms with E-state index in [2.05, 4.69) is 43.0 Å². The van der Waals surface area contributed by atoms with Gasteiger partial charge in [0.25, 0.3) is 0 Å². The van der Waals surface area contributed by atoms with Crippen LogP contribution in [-0.2, 0) is 13.1 Å². The Balaban J connectivity index is 1.89. The van der Waals surface area contributed by atoms with Crippen LogP contribution in [0.2, 0.25) is 0 Å². The first-order chi connectivity index (χ1) is 9.63. The summed E-state index contributed by atoms with van der Waals surface area (Å²) in [5, 5.41) is 0. The van der Waals surface area contributed by atoms with E-state index in [1.807, 2.05) is 18.2 Å². The average molecular weight is 268 g/mol. The molecule has 0 aliphatic carbocycles. The second kappa shape index (κ2) is 5.08. The average Bonchev–Trinajstić information content (AvgIpc) is 2.81. The molecule has 20 heavy (non-hydrogen) atoms. The van der Waals surface area contributed by atoms with Crippen molar-refractivity contribution >= 4 is 11.4 Å². The molecule has 3 nitrogen and oxygen atoms in total. The van der Waals surface area contributed by atoms with E-state index in [4.69, 9.17) is 10.5 Å². The zero-order chi connectivity index (χ0) is 14.1. The molecule has 1 aliphatic rings. The minimum atomic E-state index is 0.178. The fourth-order valence-corrected chi connectivity index (χ4v) is 2.66. The number of hydrogen-bond acceptors (Lipinski definition) is 3. The molecule has 0 bridgehead atoms. The summed E-state index contributed by atoms with van der Waals surface area (Å²) in [6.45, 7) is 5.90. The Hall–Kier alpha value is -2.16. The van der Waals surface area contributed by atoms with E-state index in [1.54, 1.807) is 0 Å². The van der Waals surface area contributed by atoms with Crippen LogP contribution in [0.5, 0.6) is 5.75 Å². The number of para-hydroxylation sites is 2. The number of nitrogens with two attached hydrogens (primary N) is 1. The topological polar surface area (TPSA) is 38.5 Å². The predicted octanol–water partition coefficient (Wildman–Crippen LogP) is 3.58. The number of nitrogen functional groups attached to an aromatic ring is 1. The quantitative estimate of drug-likeness (QED) is 0.865. The summed E-state index contributed by atoms with van der Waals surface area (Å²) in [4.78, 5) is 2.34. The third-order valence-corrected chi connectivity index (χ3v) is 3.52. The highest BCUT2D eigenvalue weighted by atomic mass is 16.5. The van der Waals surface area contributed by atoms with Crippen LogP contribution in [-0.4, -0.2) is 6.10 Å². The molecule has 0 amide bonds. The first-order valence-electron chi connectivity index (χ1n) is 7.01. The maximum Gasteiger partial charge on any atom is 0.142 e. The fourth-order valence-electron chi connectivity index (χ4n) is 2.66. The molecule has 0 saturated heterocycles. The number of fused-ring (bicyclic) bond motifs is 1. The molecule has 3 heteroatoms. The Kier molecular flexibility index (Phi) is 3.26. The Morgan fingerprint density at radius 3 is 2.60 bits per heavy atom. The lowest BCUT2D eigenvalue weighted by Gasteiger charge is -2.22. The van der Waals surface area contributed by atoms with Gasteiger partial charge in [0, 0.05) is 18.8 Å². The van der Waals surface area contributed by atoms with E-state index >= 15 is 0 Å². The first-order valence-corrected chi connectivity index (χ1v) is 7.01. The molecule has 104 valence electrons. The molecule has 0 aromatic heterocycles. The van der Waals surface area contributed by atoms with Crippen LogP contribution in [0.4, 0.5) is 11.4 Å². The van der Waals surface area contributed by atoms with E-state index in [0.717, 1.165) is 30.2 Å². The summed E-state index contributed by atoms with van der Waals surface area (Å²) < 4.78 is 5.91. The van der Waals surface area contributed by atoms with Gasteiger partial charge in [-0.1, -0.05) is 18.2 Å². The van der Waals surface area contributed by atoms with E-state index in [9.17, 15) is 0 Å². The summed E-state index contributed by atoms with van der Waals surface area (Å²) in [6.07, 6.45) is 0.178. The number of anilines is 2. The smallest absolute Gasteiger partial charge is 0.142 e. The van der Waals surface area contributed by atoms with Gasteiger partial charge in [0.1, 0.15) is 5.75 Å². The molecule has 2 aromatic rings. The zero-order valence-electron chi connectivity index (χ0n) is 12.0. The van der Waals surface area contributed by atoms with Gasteiger partial charge in [0.2, 0.25) is 0 Å². The summed E-state index contributed by atoms with van der Waals surface area (Å²) in [6, 6.07) is 14.4. The highest BCUT2D eigenvalue weighted by Crippen LogP contribution is 2.35. The molecule has 0 unspecified atom stereocenters. The van der Waals surface area contributed by atoms with Crippen LogP contribution in [0, 0.1) is 0 Å². The van der Waals surface area contributed by atoms with Crippen molar-refractivity contribution in [3.05, 3.63) is 53.6 Å². The van der Waals surface area contributed by atoms with Crippen molar-refractivity contribution in [3.8, 4) is 5.75 Å². The molecule has 1 aliphatic heterocycles.